The Morgan fingerprint density at radius 2 is 2.39 bits per heavy atom. The highest BCUT2D eigenvalue weighted by molar-refractivity contribution is 14.1. The van der Waals surface area contributed by atoms with Gasteiger partial charge in [-0.05, 0) is 60.5 Å². The summed E-state index contributed by atoms with van der Waals surface area (Å²) in [6.45, 7) is 1.85. The molecule has 0 saturated carbocycles. The molecule has 1 heterocycles. The van der Waals surface area contributed by atoms with E-state index in [2.05, 4.69) is 33.2 Å². The van der Waals surface area contributed by atoms with Gasteiger partial charge in [0.15, 0.2) is 0 Å². The third-order valence-electron chi connectivity index (χ3n) is 3.13. The van der Waals surface area contributed by atoms with Crippen molar-refractivity contribution in [2.24, 2.45) is 0 Å². The number of hydrogen-bond donors (Lipinski definition) is 2. The maximum atomic E-state index is 10.9. The van der Waals surface area contributed by atoms with Gasteiger partial charge in [0, 0.05) is 22.2 Å². The normalized spacial score (nSPS) is 18.8. The van der Waals surface area contributed by atoms with Gasteiger partial charge in [-0.25, -0.2) is 0 Å². The Balaban J connectivity index is 1.93. The van der Waals surface area contributed by atoms with Crippen LogP contribution in [0.5, 0.6) is 0 Å². The van der Waals surface area contributed by atoms with Crippen LogP contribution in [0.2, 0.25) is 0 Å². The van der Waals surface area contributed by atoms with Gasteiger partial charge in [-0.3, -0.25) is 10.1 Å². The quantitative estimate of drug-likeness (QED) is 0.481. The number of hydrogen-bond acceptors (Lipinski definition) is 4. The molecule has 1 atom stereocenters. The summed E-state index contributed by atoms with van der Waals surface area (Å²) < 4.78 is 0.877. The van der Waals surface area contributed by atoms with Crippen molar-refractivity contribution >= 4 is 34.0 Å². The van der Waals surface area contributed by atoms with Crippen LogP contribution in [0, 0.1) is 13.7 Å². The van der Waals surface area contributed by atoms with Crippen molar-refractivity contribution in [3.63, 3.8) is 0 Å². The monoisotopic (exact) mass is 361 g/mol. The highest BCUT2D eigenvalue weighted by Crippen LogP contribution is 2.26. The van der Waals surface area contributed by atoms with Crippen LogP contribution in [-0.2, 0) is 0 Å². The summed E-state index contributed by atoms with van der Waals surface area (Å²) in [7, 11) is 0. The molecule has 2 N–H and O–H groups in total. The fraction of sp³-hybridized carbons (Fsp3) is 0.500. The fourth-order valence-electron chi connectivity index (χ4n) is 2.19. The van der Waals surface area contributed by atoms with Gasteiger partial charge >= 0.3 is 0 Å². The summed E-state index contributed by atoms with van der Waals surface area (Å²) in [5, 5.41) is 17.5. The lowest BCUT2D eigenvalue weighted by Crippen LogP contribution is -2.24. The standard InChI is InChI=1S/C12H16IN3O2/c13-9-3-4-11(12(8-9)16(17)18)15-7-5-10-2-1-6-14-10/h3-4,8,10,14-15H,1-2,5-7H2. The second-order valence-corrected chi connectivity index (χ2v) is 5.67. The lowest BCUT2D eigenvalue weighted by Gasteiger charge is -2.11. The summed E-state index contributed by atoms with van der Waals surface area (Å²) in [6.07, 6.45) is 3.44. The molecule has 6 heteroatoms. The van der Waals surface area contributed by atoms with Crippen molar-refractivity contribution < 1.29 is 4.92 Å². The average Bonchev–Trinajstić information content (AvgIpc) is 2.84. The molecule has 0 aromatic heterocycles. The molecule has 1 saturated heterocycles. The predicted octanol–water partition coefficient (Wildman–Crippen LogP) is 2.75. The third-order valence-corrected chi connectivity index (χ3v) is 3.80. The molecule has 0 spiro atoms. The van der Waals surface area contributed by atoms with Gasteiger partial charge in [0.1, 0.15) is 5.69 Å². The van der Waals surface area contributed by atoms with Crippen molar-refractivity contribution in [2.45, 2.75) is 25.3 Å². The second-order valence-electron chi connectivity index (χ2n) is 4.43. The van der Waals surface area contributed by atoms with Crippen LogP contribution in [0.15, 0.2) is 18.2 Å². The van der Waals surface area contributed by atoms with Crippen LogP contribution < -0.4 is 10.6 Å². The smallest absolute Gasteiger partial charge is 0.293 e. The zero-order valence-electron chi connectivity index (χ0n) is 9.99. The Morgan fingerprint density at radius 3 is 3.06 bits per heavy atom. The number of rotatable bonds is 5. The molecule has 1 aromatic rings. The largest absolute Gasteiger partial charge is 0.379 e. The van der Waals surface area contributed by atoms with E-state index >= 15 is 0 Å². The summed E-state index contributed by atoms with van der Waals surface area (Å²) in [5.41, 5.74) is 0.764. The van der Waals surface area contributed by atoms with Crippen molar-refractivity contribution in [1.29, 1.82) is 0 Å². The van der Waals surface area contributed by atoms with Crippen LogP contribution in [0.3, 0.4) is 0 Å². The van der Waals surface area contributed by atoms with Gasteiger partial charge < -0.3 is 10.6 Å². The molecular formula is C12H16IN3O2. The molecule has 1 aliphatic rings. The van der Waals surface area contributed by atoms with Crippen LogP contribution in [0.1, 0.15) is 19.3 Å². The molecular weight excluding hydrogens is 345 g/mol. The van der Waals surface area contributed by atoms with E-state index in [1.54, 1.807) is 12.1 Å². The maximum absolute atomic E-state index is 10.9. The summed E-state index contributed by atoms with van der Waals surface area (Å²) >= 11 is 2.08. The van der Waals surface area contributed by atoms with E-state index in [4.69, 9.17) is 0 Å². The number of anilines is 1. The predicted molar refractivity (Wildman–Crippen MR) is 79.9 cm³/mol. The summed E-state index contributed by atoms with van der Waals surface area (Å²) in [5.74, 6) is 0. The van der Waals surface area contributed by atoms with Gasteiger partial charge in [-0.1, -0.05) is 0 Å². The molecule has 5 nitrogen and oxygen atoms in total. The minimum atomic E-state index is -0.335. The molecule has 0 amide bonds. The first kappa shape index (κ1) is 13.5. The lowest BCUT2D eigenvalue weighted by atomic mass is 10.1. The van der Waals surface area contributed by atoms with Gasteiger partial charge in [0.05, 0.1) is 4.92 Å². The molecule has 1 aromatic carbocycles. The number of nitrogens with zero attached hydrogens (tertiary/aromatic N) is 1. The molecule has 0 radical (unpaired) electrons. The Hall–Kier alpha value is -0.890. The maximum Gasteiger partial charge on any atom is 0.293 e. The highest BCUT2D eigenvalue weighted by Gasteiger charge is 2.16. The molecule has 1 unspecified atom stereocenters. The van der Waals surface area contributed by atoms with Gasteiger partial charge in [-0.2, -0.15) is 0 Å². The molecule has 18 heavy (non-hydrogen) atoms. The van der Waals surface area contributed by atoms with E-state index in [0.717, 1.165) is 23.1 Å². The van der Waals surface area contributed by atoms with E-state index in [1.807, 2.05) is 6.07 Å². The van der Waals surface area contributed by atoms with Crippen molar-refractivity contribution in [1.82, 2.24) is 5.32 Å². The third kappa shape index (κ3) is 3.55. The highest BCUT2D eigenvalue weighted by atomic mass is 127. The average molecular weight is 361 g/mol. The molecule has 1 aliphatic heterocycles. The summed E-state index contributed by atoms with van der Waals surface area (Å²) in [6, 6.07) is 5.81. The lowest BCUT2D eigenvalue weighted by molar-refractivity contribution is -0.384. The van der Waals surface area contributed by atoms with Crippen LogP contribution in [0.25, 0.3) is 0 Å². The van der Waals surface area contributed by atoms with Gasteiger partial charge in [0.25, 0.3) is 5.69 Å². The first-order valence-electron chi connectivity index (χ1n) is 6.08. The molecule has 98 valence electrons. The number of nitrogens with one attached hydrogen (secondary N) is 2. The van der Waals surface area contributed by atoms with Crippen molar-refractivity contribution in [3.8, 4) is 0 Å². The zero-order chi connectivity index (χ0) is 13.0. The van der Waals surface area contributed by atoms with E-state index in [-0.39, 0.29) is 10.6 Å². The van der Waals surface area contributed by atoms with E-state index in [9.17, 15) is 10.1 Å². The van der Waals surface area contributed by atoms with Crippen LogP contribution in [0.4, 0.5) is 11.4 Å². The Labute approximate surface area is 120 Å². The van der Waals surface area contributed by atoms with Gasteiger partial charge in [-0.15, -0.1) is 0 Å². The minimum Gasteiger partial charge on any atom is -0.379 e. The molecule has 2 rings (SSSR count). The fourth-order valence-corrected chi connectivity index (χ4v) is 2.66. The van der Waals surface area contributed by atoms with E-state index in [1.165, 1.54) is 12.8 Å². The van der Waals surface area contributed by atoms with E-state index < -0.39 is 0 Å². The Morgan fingerprint density at radius 1 is 1.56 bits per heavy atom. The zero-order valence-corrected chi connectivity index (χ0v) is 12.1. The van der Waals surface area contributed by atoms with Gasteiger partial charge in [0.2, 0.25) is 0 Å². The topological polar surface area (TPSA) is 67.2 Å². The summed E-state index contributed by atoms with van der Waals surface area (Å²) in [4.78, 5) is 10.6. The Kier molecular flexibility index (Phi) is 4.76. The number of halogens is 1. The number of nitro groups is 1. The van der Waals surface area contributed by atoms with E-state index in [0.29, 0.717) is 11.7 Å². The molecule has 1 fully saturated rings. The number of benzene rings is 1. The number of nitro benzene ring substituents is 1. The van der Waals surface area contributed by atoms with Crippen LogP contribution in [-0.4, -0.2) is 24.1 Å². The first-order valence-corrected chi connectivity index (χ1v) is 7.16. The SMILES string of the molecule is O=[N+]([O-])c1cc(I)ccc1NCCC1CCCN1. The van der Waals surface area contributed by atoms with Crippen LogP contribution >= 0.6 is 22.6 Å². The van der Waals surface area contributed by atoms with Crippen molar-refractivity contribution in [2.75, 3.05) is 18.4 Å². The Bertz CT molecular complexity index is 433. The van der Waals surface area contributed by atoms with Crippen molar-refractivity contribution in [3.05, 3.63) is 31.9 Å². The first-order chi connectivity index (χ1) is 8.66. The second kappa shape index (κ2) is 6.33. The minimum absolute atomic E-state index is 0.154. The molecule has 0 bridgehead atoms. The molecule has 0 aliphatic carbocycles.